The fourth-order valence-corrected chi connectivity index (χ4v) is 2.94. The lowest BCUT2D eigenvalue weighted by molar-refractivity contribution is 0.0619. The zero-order valence-corrected chi connectivity index (χ0v) is 14.4. The van der Waals surface area contributed by atoms with Crippen LogP contribution < -0.4 is 4.74 Å². The second-order valence-corrected chi connectivity index (χ2v) is 6.02. The molecule has 25 heavy (non-hydrogen) atoms. The SMILES string of the molecule is CCOc1ccc(CN2CCN(C(=O)c3ncccc3O)CC2)cc1. The van der Waals surface area contributed by atoms with Gasteiger partial charge in [0.1, 0.15) is 11.5 Å². The molecule has 0 aliphatic carbocycles. The molecule has 0 radical (unpaired) electrons. The molecule has 1 saturated heterocycles. The largest absolute Gasteiger partial charge is 0.505 e. The van der Waals surface area contributed by atoms with Crippen LogP contribution in [-0.2, 0) is 6.54 Å². The van der Waals surface area contributed by atoms with Crippen LogP contribution in [0.5, 0.6) is 11.5 Å². The van der Waals surface area contributed by atoms with Gasteiger partial charge in [-0.15, -0.1) is 0 Å². The molecule has 1 aromatic carbocycles. The number of hydrogen-bond donors (Lipinski definition) is 1. The highest BCUT2D eigenvalue weighted by atomic mass is 16.5. The summed E-state index contributed by atoms with van der Waals surface area (Å²) >= 11 is 0. The molecule has 1 N–H and O–H groups in total. The van der Waals surface area contributed by atoms with Gasteiger partial charge in [-0.05, 0) is 36.8 Å². The average molecular weight is 341 g/mol. The number of aromatic nitrogens is 1. The number of aromatic hydroxyl groups is 1. The molecule has 0 atom stereocenters. The van der Waals surface area contributed by atoms with Crippen molar-refractivity contribution >= 4 is 5.91 Å². The molecule has 0 unspecified atom stereocenters. The summed E-state index contributed by atoms with van der Waals surface area (Å²) in [4.78, 5) is 20.5. The monoisotopic (exact) mass is 341 g/mol. The summed E-state index contributed by atoms with van der Waals surface area (Å²) in [6, 6.07) is 11.2. The van der Waals surface area contributed by atoms with Crippen molar-refractivity contribution < 1.29 is 14.6 Å². The Labute approximate surface area is 147 Å². The fraction of sp³-hybridized carbons (Fsp3) is 0.368. The molecule has 132 valence electrons. The minimum Gasteiger partial charge on any atom is -0.505 e. The third-order valence-electron chi connectivity index (χ3n) is 4.29. The van der Waals surface area contributed by atoms with Crippen molar-refractivity contribution in [2.45, 2.75) is 13.5 Å². The van der Waals surface area contributed by atoms with Gasteiger partial charge in [0.05, 0.1) is 6.61 Å². The molecule has 0 spiro atoms. The number of pyridine rings is 1. The van der Waals surface area contributed by atoms with Crippen molar-refractivity contribution in [1.82, 2.24) is 14.8 Å². The zero-order chi connectivity index (χ0) is 17.6. The van der Waals surface area contributed by atoms with Crippen LogP contribution in [0.4, 0.5) is 0 Å². The molecular formula is C19H23N3O3. The van der Waals surface area contributed by atoms with Crippen molar-refractivity contribution in [2.75, 3.05) is 32.8 Å². The first-order valence-corrected chi connectivity index (χ1v) is 8.54. The quantitative estimate of drug-likeness (QED) is 0.903. The summed E-state index contributed by atoms with van der Waals surface area (Å²) in [5, 5.41) is 9.79. The molecule has 1 aliphatic heterocycles. The van der Waals surface area contributed by atoms with E-state index in [4.69, 9.17) is 4.74 Å². The number of carbonyl (C=O) groups excluding carboxylic acids is 1. The summed E-state index contributed by atoms with van der Waals surface area (Å²) in [6.45, 7) is 6.35. The second kappa shape index (κ2) is 7.98. The Balaban J connectivity index is 1.53. The number of benzene rings is 1. The van der Waals surface area contributed by atoms with Gasteiger partial charge in [0.15, 0.2) is 5.69 Å². The van der Waals surface area contributed by atoms with E-state index < -0.39 is 0 Å². The summed E-state index contributed by atoms with van der Waals surface area (Å²) in [7, 11) is 0. The van der Waals surface area contributed by atoms with Crippen molar-refractivity contribution in [2.24, 2.45) is 0 Å². The van der Waals surface area contributed by atoms with Crippen molar-refractivity contribution in [3.8, 4) is 11.5 Å². The van der Waals surface area contributed by atoms with Crippen LogP contribution in [0.2, 0.25) is 0 Å². The average Bonchev–Trinajstić information content (AvgIpc) is 2.64. The molecule has 3 rings (SSSR count). The first-order valence-electron chi connectivity index (χ1n) is 8.54. The topological polar surface area (TPSA) is 65.9 Å². The zero-order valence-electron chi connectivity index (χ0n) is 14.4. The number of nitrogens with zero attached hydrogens (tertiary/aromatic N) is 3. The highest BCUT2D eigenvalue weighted by molar-refractivity contribution is 5.94. The minimum absolute atomic E-state index is 0.0654. The van der Waals surface area contributed by atoms with Crippen molar-refractivity contribution in [1.29, 1.82) is 0 Å². The standard InChI is InChI=1S/C19H23N3O3/c1-2-25-16-7-5-15(6-8-16)14-21-10-12-22(13-11-21)19(24)18-17(23)4-3-9-20-18/h3-9,23H,2,10-14H2,1H3. The molecule has 6 nitrogen and oxygen atoms in total. The smallest absolute Gasteiger partial charge is 0.276 e. The van der Waals surface area contributed by atoms with Crippen LogP contribution >= 0.6 is 0 Å². The Morgan fingerprint density at radius 1 is 1.16 bits per heavy atom. The maximum Gasteiger partial charge on any atom is 0.276 e. The maximum absolute atomic E-state index is 12.5. The summed E-state index contributed by atoms with van der Waals surface area (Å²) in [6.07, 6.45) is 1.52. The molecule has 2 heterocycles. The lowest BCUT2D eigenvalue weighted by atomic mass is 10.2. The van der Waals surface area contributed by atoms with Gasteiger partial charge in [-0.25, -0.2) is 4.98 Å². The molecule has 2 aromatic rings. The highest BCUT2D eigenvalue weighted by Crippen LogP contribution is 2.18. The molecular weight excluding hydrogens is 318 g/mol. The Morgan fingerprint density at radius 3 is 2.52 bits per heavy atom. The second-order valence-electron chi connectivity index (χ2n) is 6.02. The first kappa shape index (κ1) is 17.2. The van der Waals surface area contributed by atoms with E-state index in [1.807, 2.05) is 19.1 Å². The molecule has 1 aromatic heterocycles. The molecule has 0 saturated carbocycles. The van der Waals surface area contributed by atoms with Crippen molar-refractivity contribution in [3.05, 3.63) is 53.9 Å². The van der Waals surface area contributed by atoms with Crippen LogP contribution in [0.25, 0.3) is 0 Å². The number of hydrogen-bond acceptors (Lipinski definition) is 5. The van der Waals surface area contributed by atoms with Gasteiger partial charge >= 0.3 is 0 Å². The minimum atomic E-state index is -0.209. The lowest BCUT2D eigenvalue weighted by Gasteiger charge is -2.34. The van der Waals surface area contributed by atoms with Gasteiger partial charge in [0.2, 0.25) is 0 Å². The van der Waals surface area contributed by atoms with Crippen LogP contribution in [0, 0.1) is 0 Å². The summed E-state index contributed by atoms with van der Waals surface area (Å²) in [5.41, 5.74) is 1.35. The number of carbonyl (C=O) groups is 1. The molecule has 1 amide bonds. The fourth-order valence-electron chi connectivity index (χ4n) is 2.94. The van der Waals surface area contributed by atoms with E-state index in [1.165, 1.54) is 17.8 Å². The van der Waals surface area contributed by atoms with E-state index >= 15 is 0 Å². The summed E-state index contributed by atoms with van der Waals surface area (Å²) < 4.78 is 5.46. The van der Waals surface area contributed by atoms with E-state index in [9.17, 15) is 9.90 Å². The van der Waals surface area contributed by atoms with Crippen LogP contribution in [0.1, 0.15) is 23.0 Å². The van der Waals surface area contributed by atoms with Gasteiger partial charge in [-0.2, -0.15) is 0 Å². The molecule has 1 aliphatic rings. The van der Waals surface area contributed by atoms with E-state index in [2.05, 4.69) is 22.0 Å². The highest BCUT2D eigenvalue weighted by Gasteiger charge is 2.24. The van der Waals surface area contributed by atoms with E-state index in [-0.39, 0.29) is 17.4 Å². The third-order valence-corrected chi connectivity index (χ3v) is 4.29. The lowest BCUT2D eigenvalue weighted by Crippen LogP contribution is -2.48. The van der Waals surface area contributed by atoms with Gasteiger partial charge in [-0.3, -0.25) is 9.69 Å². The number of amides is 1. The Bertz CT molecular complexity index is 710. The van der Waals surface area contributed by atoms with Gasteiger partial charge < -0.3 is 14.7 Å². The Kier molecular flexibility index (Phi) is 5.50. The normalized spacial score (nSPS) is 15.2. The predicted octanol–water partition coefficient (Wildman–Crippen LogP) is 2.14. The number of piperazine rings is 1. The van der Waals surface area contributed by atoms with Gasteiger partial charge in [-0.1, -0.05) is 12.1 Å². The summed E-state index contributed by atoms with van der Waals surface area (Å²) in [5.74, 6) is 0.611. The van der Waals surface area contributed by atoms with E-state index in [0.29, 0.717) is 19.7 Å². The molecule has 1 fully saturated rings. The Hall–Kier alpha value is -2.60. The predicted molar refractivity (Wildman–Crippen MR) is 94.7 cm³/mol. The van der Waals surface area contributed by atoms with Crippen LogP contribution in [0.15, 0.2) is 42.6 Å². The molecule has 0 bridgehead atoms. The third kappa shape index (κ3) is 4.28. The molecule has 6 heteroatoms. The van der Waals surface area contributed by atoms with Crippen molar-refractivity contribution in [3.63, 3.8) is 0 Å². The van der Waals surface area contributed by atoms with Gasteiger partial charge in [0.25, 0.3) is 5.91 Å². The Morgan fingerprint density at radius 2 is 1.88 bits per heavy atom. The number of ether oxygens (including phenoxy) is 1. The van der Waals surface area contributed by atoms with E-state index in [1.54, 1.807) is 11.0 Å². The van der Waals surface area contributed by atoms with E-state index in [0.717, 1.165) is 25.4 Å². The first-order chi connectivity index (χ1) is 12.2. The maximum atomic E-state index is 12.5. The van der Waals surface area contributed by atoms with Crippen LogP contribution in [-0.4, -0.2) is 58.6 Å². The number of rotatable bonds is 5. The van der Waals surface area contributed by atoms with Gasteiger partial charge in [0, 0.05) is 38.9 Å². The van der Waals surface area contributed by atoms with Crippen LogP contribution in [0.3, 0.4) is 0 Å².